The van der Waals surface area contributed by atoms with Gasteiger partial charge in [0.05, 0.1) is 4.90 Å². The number of carbonyl (C=O) groups is 1. The average molecular weight is 464 g/mol. The number of hydrogen-bond acceptors (Lipinski definition) is 4. The summed E-state index contributed by atoms with van der Waals surface area (Å²) in [6.45, 7) is 5.06. The van der Waals surface area contributed by atoms with Gasteiger partial charge in [-0.3, -0.25) is 9.69 Å². The van der Waals surface area contributed by atoms with Crippen molar-refractivity contribution in [3.63, 3.8) is 0 Å². The molecule has 0 bridgehead atoms. The topological polar surface area (TPSA) is 69.7 Å². The lowest BCUT2D eigenvalue weighted by Crippen LogP contribution is -2.48. The molecule has 0 aromatic heterocycles. The number of para-hydroxylation sites is 1. The molecule has 0 saturated carbocycles. The Morgan fingerprint density at radius 3 is 2.15 bits per heavy atom. The molecule has 33 heavy (non-hydrogen) atoms. The Balaban J connectivity index is 1.32. The number of piperazine rings is 1. The van der Waals surface area contributed by atoms with Gasteiger partial charge in [0, 0.05) is 44.0 Å². The highest BCUT2D eigenvalue weighted by Crippen LogP contribution is 2.19. The summed E-state index contributed by atoms with van der Waals surface area (Å²) in [7, 11) is -3.44. The first-order chi connectivity index (χ1) is 16.0. The number of nitrogens with one attached hydrogen (secondary N) is 1. The molecule has 4 rings (SSSR count). The maximum absolute atomic E-state index is 12.8. The third-order valence-corrected chi connectivity index (χ3v) is 7.89. The van der Waals surface area contributed by atoms with Gasteiger partial charge in [-0.05, 0) is 47.9 Å². The summed E-state index contributed by atoms with van der Waals surface area (Å²) in [6, 6.07) is 24.0. The second kappa shape index (κ2) is 10.3. The number of nitrogens with zero attached hydrogens (tertiary/aromatic N) is 2. The number of sulfonamides is 1. The van der Waals surface area contributed by atoms with Gasteiger partial charge >= 0.3 is 0 Å². The molecule has 0 aliphatic carbocycles. The minimum atomic E-state index is -3.44. The zero-order chi connectivity index (χ0) is 23.3. The van der Waals surface area contributed by atoms with Crippen LogP contribution in [0.3, 0.4) is 0 Å². The van der Waals surface area contributed by atoms with E-state index in [0.29, 0.717) is 36.6 Å². The Hall–Kier alpha value is -3.00. The van der Waals surface area contributed by atoms with E-state index in [2.05, 4.69) is 17.1 Å². The first-order valence-corrected chi connectivity index (χ1v) is 12.7. The highest BCUT2D eigenvalue weighted by molar-refractivity contribution is 7.89. The molecule has 1 aliphatic rings. The maximum Gasteiger partial charge on any atom is 0.255 e. The smallest absolute Gasteiger partial charge is 0.255 e. The van der Waals surface area contributed by atoms with Crippen LogP contribution >= 0.6 is 0 Å². The summed E-state index contributed by atoms with van der Waals surface area (Å²) in [5.41, 5.74) is 3.66. The average Bonchev–Trinajstić information content (AvgIpc) is 2.85. The van der Waals surface area contributed by atoms with Gasteiger partial charge in [0.25, 0.3) is 5.91 Å². The highest BCUT2D eigenvalue weighted by atomic mass is 32.2. The van der Waals surface area contributed by atoms with Crippen molar-refractivity contribution in [3.05, 3.63) is 95.6 Å². The van der Waals surface area contributed by atoms with E-state index in [4.69, 9.17) is 0 Å². The highest BCUT2D eigenvalue weighted by Gasteiger charge is 2.28. The van der Waals surface area contributed by atoms with Crippen LogP contribution in [0.1, 0.15) is 28.4 Å². The van der Waals surface area contributed by atoms with E-state index in [1.807, 2.05) is 54.6 Å². The normalized spacial score (nSPS) is 15.3. The molecule has 172 valence electrons. The molecule has 1 heterocycles. The number of benzene rings is 3. The molecule has 7 heteroatoms. The second-order valence-corrected chi connectivity index (χ2v) is 10.1. The third kappa shape index (κ3) is 5.50. The van der Waals surface area contributed by atoms with E-state index < -0.39 is 10.0 Å². The Morgan fingerprint density at radius 2 is 1.48 bits per heavy atom. The Labute approximate surface area is 195 Å². The first-order valence-electron chi connectivity index (χ1n) is 11.2. The van der Waals surface area contributed by atoms with Crippen molar-refractivity contribution >= 4 is 21.6 Å². The molecule has 3 aromatic rings. The summed E-state index contributed by atoms with van der Waals surface area (Å²) in [5, 5.41) is 3.00. The SMILES string of the molecule is CCc1ccccc1NC(=O)c1ccc(CN2CCN(S(=O)(=O)c3ccccc3)CC2)cc1. The lowest BCUT2D eigenvalue weighted by Gasteiger charge is -2.34. The summed E-state index contributed by atoms with van der Waals surface area (Å²) >= 11 is 0. The van der Waals surface area contributed by atoms with E-state index in [9.17, 15) is 13.2 Å². The van der Waals surface area contributed by atoms with E-state index >= 15 is 0 Å². The summed E-state index contributed by atoms with van der Waals surface area (Å²) in [5.74, 6) is -0.123. The molecular formula is C26H29N3O3S. The summed E-state index contributed by atoms with van der Waals surface area (Å²) in [4.78, 5) is 15.2. The van der Waals surface area contributed by atoms with Crippen molar-refractivity contribution in [2.75, 3.05) is 31.5 Å². The molecule has 1 N–H and O–H groups in total. The Morgan fingerprint density at radius 1 is 0.848 bits per heavy atom. The molecule has 1 aliphatic heterocycles. The summed E-state index contributed by atoms with van der Waals surface area (Å²) in [6.07, 6.45) is 0.856. The van der Waals surface area contributed by atoms with Crippen LogP contribution in [0.5, 0.6) is 0 Å². The quantitative estimate of drug-likeness (QED) is 0.575. The van der Waals surface area contributed by atoms with Gasteiger partial charge in [-0.25, -0.2) is 8.42 Å². The van der Waals surface area contributed by atoms with Gasteiger partial charge in [-0.15, -0.1) is 0 Å². The fourth-order valence-electron chi connectivity index (χ4n) is 4.03. The molecular weight excluding hydrogens is 434 g/mol. The zero-order valence-electron chi connectivity index (χ0n) is 18.8. The zero-order valence-corrected chi connectivity index (χ0v) is 19.6. The van der Waals surface area contributed by atoms with Crippen LogP contribution in [0.4, 0.5) is 5.69 Å². The van der Waals surface area contributed by atoms with Gasteiger partial charge in [0.15, 0.2) is 0 Å². The van der Waals surface area contributed by atoms with Crippen molar-refractivity contribution in [1.82, 2.24) is 9.21 Å². The minimum Gasteiger partial charge on any atom is -0.322 e. The monoisotopic (exact) mass is 463 g/mol. The lowest BCUT2D eigenvalue weighted by molar-refractivity contribution is 0.102. The number of carbonyl (C=O) groups excluding carboxylic acids is 1. The Kier molecular flexibility index (Phi) is 7.23. The van der Waals surface area contributed by atoms with Gasteiger partial charge < -0.3 is 5.32 Å². The number of hydrogen-bond donors (Lipinski definition) is 1. The van der Waals surface area contributed by atoms with Gasteiger partial charge in [-0.2, -0.15) is 4.31 Å². The van der Waals surface area contributed by atoms with Crippen LogP contribution < -0.4 is 5.32 Å². The van der Waals surface area contributed by atoms with Crippen LogP contribution in [0.25, 0.3) is 0 Å². The van der Waals surface area contributed by atoms with E-state index in [-0.39, 0.29) is 5.91 Å². The van der Waals surface area contributed by atoms with Gasteiger partial charge in [0.2, 0.25) is 10.0 Å². The Bertz CT molecular complexity index is 1190. The molecule has 1 fully saturated rings. The minimum absolute atomic E-state index is 0.123. The van der Waals surface area contributed by atoms with Crippen molar-refractivity contribution in [3.8, 4) is 0 Å². The summed E-state index contributed by atoms with van der Waals surface area (Å²) < 4.78 is 27.1. The van der Waals surface area contributed by atoms with Crippen LogP contribution in [-0.2, 0) is 23.0 Å². The van der Waals surface area contributed by atoms with Crippen molar-refractivity contribution in [2.45, 2.75) is 24.8 Å². The van der Waals surface area contributed by atoms with Crippen LogP contribution in [-0.4, -0.2) is 49.7 Å². The van der Waals surface area contributed by atoms with Crippen molar-refractivity contribution in [1.29, 1.82) is 0 Å². The molecule has 0 unspecified atom stereocenters. The standard InChI is InChI=1S/C26H29N3O3S/c1-2-22-8-6-7-11-25(22)27-26(30)23-14-12-21(13-15-23)20-28-16-18-29(19-17-28)33(31,32)24-9-4-3-5-10-24/h3-15H,2,16-20H2,1H3,(H,27,30). The van der Waals surface area contributed by atoms with Crippen LogP contribution in [0.2, 0.25) is 0 Å². The molecule has 1 saturated heterocycles. The fraction of sp³-hybridized carbons (Fsp3) is 0.269. The van der Waals surface area contributed by atoms with Crippen LogP contribution in [0, 0.1) is 0 Å². The lowest BCUT2D eigenvalue weighted by atomic mass is 10.1. The number of anilines is 1. The number of amides is 1. The van der Waals surface area contributed by atoms with E-state index in [1.54, 1.807) is 28.6 Å². The predicted molar refractivity (Wildman–Crippen MR) is 131 cm³/mol. The molecule has 0 radical (unpaired) electrons. The van der Waals surface area contributed by atoms with Gasteiger partial charge in [-0.1, -0.05) is 55.5 Å². The van der Waals surface area contributed by atoms with E-state index in [1.165, 1.54) is 0 Å². The molecule has 0 atom stereocenters. The predicted octanol–water partition coefficient (Wildman–Crippen LogP) is 4.01. The molecule has 0 spiro atoms. The molecule has 6 nitrogen and oxygen atoms in total. The molecule has 1 amide bonds. The second-order valence-electron chi connectivity index (χ2n) is 8.16. The largest absolute Gasteiger partial charge is 0.322 e. The van der Waals surface area contributed by atoms with E-state index in [0.717, 1.165) is 29.8 Å². The first kappa shape index (κ1) is 23.2. The van der Waals surface area contributed by atoms with Gasteiger partial charge in [0.1, 0.15) is 0 Å². The third-order valence-electron chi connectivity index (χ3n) is 5.98. The maximum atomic E-state index is 12.8. The fourth-order valence-corrected chi connectivity index (χ4v) is 5.48. The van der Waals surface area contributed by atoms with Crippen molar-refractivity contribution < 1.29 is 13.2 Å². The van der Waals surface area contributed by atoms with Crippen molar-refractivity contribution in [2.24, 2.45) is 0 Å². The molecule has 3 aromatic carbocycles. The number of rotatable bonds is 7. The number of aryl methyl sites for hydroxylation is 1. The van der Waals surface area contributed by atoms with Crippen LogP contribution in [0.15, 0.2) is 83.8 Å².